The number of morpholine rings is 1. The van der Waals surface area contributed by atoms with Gasteiger partial charge in [-0.1, -0.05) is 145 Å². The zero-order valence-electron chi connectivity index (χ0n) is 37.9. The molecule has 3 heterocycles. The summed E-state index contributed by atoms with van der Waals surface area (Å²) in [6.45, 7) is 1.01. The van der Waals surface area contributed by atoms with Gasteiger partial charge in [0.05, 0.1) is 49.0 Å². The Labute approximate surface area is 400 Å². The Kier molecular flexibility index (Phi) is 13.7. The molecule has 4 amide bonds. The Hall–Kier alpha value is -7.60. The fourth-order valence-electron chi connectivity index (χ4n) is 10.3. The van der Waals surface area contributed by atoms with Crippen LogP contribution in [0.4, 0.5) is 10.5 Å². The summed E-state index contributed by atoms with van der Waals surface area (Å²) in [5.41, 5.74) is 1.94. The van der Waals surface area contributed by atoms with Gasteiger partial charge in [-0.3, -0.25) is 19.3 Å². The number of nitrogens with zero attached hydrogens (tertiary/aromatic N) is 2. The number of rotatable bonds is 13. The van der Waals surface area contributed by atoms with E-state index in [4.69, 9.17) is 9.47 Å². The number of benzene rings is 6. The van der Waals surface area contributed by atoms with Crippen LogP contribution in [0.2, 0.25) is 0 Å². The molecule has 3 aliphatic rings. The number of ether oxygens (including phenoxy) is 2. The zero-order chi connectivity index (χ0) is 48.1. The SMILES string of the molecule is C[C@@H](NC(=O)N1C(=O)[C@@]2(c3cc(C#CCCO)ccc31)[C@H](c1cccc(OCCO)c1)N1[C@H](c3ccccc3)[C@H](c3ccccc3)OC(=O)[C@H]1[C@@H]2C(=O)NC[C@H](O)c1ccccc1)c1ccccc1. The summed E-state index contributed by atoms with van der Waals surface area (Å²) in [7, 11) is 0. The van der Waals surface area contributed by atoms with E-state index in [1.54, 1.807) is 73.7 Å². The van der Waals surface area contributed by atoms with Crippen LogP contribution in [0.1, 0.15) is 82.6 Å². The quantitative estimate of drug-likeness (QED) is 0.0613. The van der Waals surface area contributed by atoms with Crippen LogP contribution in [0.15, 0.2) is 164 Å². The van der Waals surface area contributed by atoms with E-state index >= 15 is 19.2 Å². The van der Waals surface area contributed by atoms with E-state index in [9.17, 15) is 15.3 Å². The smallest absolute Gasteiger partial charge is 0.329 e. The Morgan fingerprint density at radius 3 is 2.06 bits per heavy atom. The van der Waals surface area contributed by atoms with E-state index in [1.807, 2.05) is 102 Å². The van der Waals surface area contributed by atoms with Crippen LogP contribution >= 0.6 is 0 Å². The van der Waals surface area contributed by atoms with Crippen molar-refractivity contribution in [2.45, 2.75) is 55.1 Å². The fraction of sp³-hybridized carbons (Fsp3) is 0.250. The van der Waals surface area contributed by atoms with E-state index in [0.29, 0.717) is 28.0 Å². The van der Waals surface area contributed by atoms with Gasteiger partial charge in [-0.2, -0.15) is 0 Å². The lowest BCUT2D eigenvalue weighted by atomic mass is 9.65. The van der Waals surface area contributed by atoms with Gasteiger partial charge < -0.3 is 35.4 Å². The van der Waals surface area contributed by atoms with E-state index in [1.165, 1.54) is 0 Å². The maximum Gasteiger partial charge on any atom is 0.329 e. The molecule has 350 valence electrons. The van der Waals surface area contributed by atoms with Gasteiger partial charge in [-0.25, -0.2) is 9.69 Å². The lowest BCUT2D eigenvalue weighted by Crippen LogP contribution is -2.56. The molecule has 2 fully saturated rings. The number of aliphatic hydroxyl groups excluding tert-OH is 3. The van der Waals surface area contributed by atoms with Crippen molar-refractivity contribution in [1.29, 1.82) is 0 Å². The van der Waals surface area contributed by atoms with Gasteiger partial charge in [0.15, 0.2) is 0 Å². The monoisotopic (exact) mass is 924 g/mol. The lowest BCUT2D eigenvalue weighted by Gasteiger charge is -2.46. The molecule has 5 N–H and O–H groups in total. The minimum Gasteiger partial charge on any atom is -0.491 e. The number of anilines is 1. The van der Waals surface area contributed by atoms with Crippen molar-refractivity contribution in [2.75, 3.05) is 31.3 Å². The number of imide groups is 1. The van der Waals surface area contributed by atoms with Crippen LogP contribution in [-0.2, 0) is 24.5 Å². The summed E-state index contributed by atoms with van der Waals surface area (Å²) >= 11 is 0. The van der Waals surface area contributed by atoms with Gasteiger partial charge in [-0.05, 0) is 70.6 Å². The Balaban J connectivity index is 1.33. The maximum atomic E-state index is 16.6. The average Bonchev–Trinajstić information content (AvgIpc) is 3.84. The highest BCUT2D eigenvalue weighted by Gasteiger charge is 2.75. The number of hydrogen-bond acceptors (Lipinski definition) is 10. The predicted octanol–water partition coefficient (Wildman–Crippen LogP) is 6.78. The summed E-state index contributed by atoms with van der Waals surface area (Å²) in [4.78, 5) is 65.8. The highest BCUT2D eigenvalue weighted by molar-refractivity contribution is 6.24. The summed E-state index contributed by atoms with van der Waals surface area (Å²) in [5, 5.41) is 36.9. The van der Waals surface area contributed by atoms with Crippen molar-refractivity contribution in [3.05, 3.63) is 203 Å². The molecule has 13 nitrogen and oxygen atoms in total. The van der Waals surface area contributed by atoms with Crippen LogP contribution < -0.4 is 20.3 Å². The number of fused-ring (bicyclic) bond motifs is 3. The minimum atomic E-state index is -2.10. The number of amides is 4. The molecule has 0 bridgehead atoms. The first kappa shape index (κ1) is 46.5. The summed E-state index contributed by atoms with van der Waals surface area (Å²) < 4.78 is 12.6. The highest BCUT2D eigenvalue weighted by Crippen LogP contribution is 2.66. The number of urea groups is 1. The predicted molar refractivity (Wildman–Crippen MR) is 257 cm³/mol. The molecule has 13 heteroatoms. The zero-order valence-corrected chi connectivity index (χ0v) is 37.9. The normalized spacial score (nSPS) is 22.4. The average molecular weight is 925 g/mol. The number of carbonyl (C=O) groups excluding carboxylic acids is 4. The standard InChI is InChI=1S/C56H52N4O9/c1-36(38-18-6-2-7-19-38)58-55(67)59-45-29-28-37(17-14-15-30-61)33-44(45)56(54(59)66)47(52(64)57-35-46(63)39-20-8-3-9-21-39)49-53(65)69-50(41-24-12-5-13-25-41)48(40-22-10-4-11-23-40)60(49)51(56)42-26-16-27-43(34-42)68-32-31-62/h2-13,16,18-29,33-34,36,46-51,61-63H,15,30-32,35H2,1H3,(H,57,64)(H,58,67)/t36-,46+,47-,48-,49-,50+,51+,56-/m1/s1. The molecule has 6 aromatic rings. The number of esters is 1. The third kappa shape index (κ3) is 8.75. The first-order valence-electron chi connectivity index (χ1n) is 23.0. The third-order valence-corrected chi connectivity index (χ3v) is 13.2. The van der Waals surface area contributed by atoms with E-state index < -0.39 is 71.5 Å². The van der Waals surface area contributed by atoms with Gasteiger partial charge in [0, 0.05) is 18.5 Å². The van der Waals surface area contributed by atoms with E-state index in [2.05, 4.69) is 22.5 Å². The molecule has 1 spiro atoms. The number of nitrogens with one attached hydrogen (secondary N) is 2. The van der Waals surface area contributed by atoms with Crippen molar-refractivity contribution in [2.24, 2.45) is 5.92 Å². The van der Waals surface area contributed by atoms with Crippen LogP contribution in [0.5, 0.6) is 5.75 Å². The molecule has 8 atom stereocenters. The van der Waals surface area contributed by atoms with Crippen molar-refractivity contribution in [1.82, 2.24) is 15.5 Å². The van der Waals surface area contributed by atoms with Crippen LogP contribution in [0.25, 0.3) is 0 Å². The Morgan fingerprint density at radius 1 is 0.754 bits per heavy atom. The van der Waals surface area contributed by atoms with Crippen molar-refractivity contribution in [3.63, 3.8) is 0 Å². The summed E-state index contributed by atoms with van der Waals surface area (Å²) in [6, 6.07) is 43.9. The molecular formula is C56H52N4O9. The minimum absolute atomic E-state index is 0.0411. The van der Waals surface area contributed by atoms with Gasteiger partial charge in [-0.15, -0.1) is 0 Å². The molecule has 69 heavy (non-hydrogen) atoms. The molecule has 0 unspecified atom stereocenters. The van der Waals surface area contributed by atoms with Crippen molar-refractivity contribution >= 4 is 29.5 Å². The molecule has 2 saturated heterocycles. The third-order valence-electron chi connectivity index (χ3n) is 13.2. The van der Waals surface area contributed by atoms with Crippen molar-refractivity contribution in [3.8, 4) is 17.6 Å². The second-order valence-electron chi connectivity index (χ2n) is 17.3. The van der Waals surface area contributed by atoms with E-state index in [0.717, 1.165) is 16.0 Å². The molecule has 0 saturated carbocycles. The fourth-order valence-corrected chi connectivity index (χ4v) is 10.3. The Bertz CT molecular complexity index is 2880. The first-order valence-corrected chi connectivity index (χ1v) is 23.0. The highest BCUT2D eigenvalue weighted by atomic mass is 16.6. The number of aliphatic hydroxyl groups is 3. The van der Waals surface area contributed by atoms with Gasteiger partial charge >= 0.3 is 12.0 Å². The maximum absolute atomic E-state index is 16.6. The summed E-state index contributed by atoms with van der Waals surface area (Å²) in [6.07, 6.45) is -1.96. The number of cyclic esters (lactones) is 1. The molecule has 9 rings (SSSR count). The lowest BCUT2D eigenvalue weighted by molar-refractivity contribution is -0.178. The van der Waals surface area contributed by atoms with E-state index in [-0.39, 0.29) is 44.0 Å². The summed E-state index contributed by atoms with van der Waals surface area (Å²) in [5.74, 6) is 2.50. The van der Waals surface area contributed by atoms with Gasteiger partial charge in [0.25, 0.3) is 0 Å². The second kappa shape index (κ2) is 20.3. The van der Waals surface area contributed by atoms with Gasteiger partial charge in [0.2, 0.25) is 11.8 Å². The largest absolute Gasteiger partial charge is 0.491 e. The van der Waals surface area contributed by atoms with Crippen LogP contribution in [0, 0.1) is 17.8 Å². The molecule has 0 aromatic heterocycles. The van der Waals surface area contributed by atoms with Crippen LogP contribution in [-0.4, -0.2) is 76.4 Å². The molecule has 3 aliphatic heterocycles. The molecule has 6 aromatic carbocycles. The number of carbonyl (C=O) groups is 4. The van der Waals surface area contributed by atoms with Gasteiger partial charge in [0.1, 0.15) is 29.9 Å². The van der Waals surface area contributed by atoms with Crippen molar-refractivity contribution < 1.29 is 44.0 Å². The second-order valence-corrected chi connectivity index (χ2v) is 17.3. The topological polar surface area (TPSA) is 178 Å². The molecular weight excluding hydrogens is 873 g/mol. The van der Waals surface area contributed by atoms with Crippen LogP contribution in [0.3, 0.4) is 0 Å². The first-order chi connectivity index (χ1) is 33.7. The number of hydrogen-bond donors (Lipinski definition) is 5. The molecule has 0 radical (unpaired) electrons. The Morgan fingerprint density at radius 2 is 1.39 bits per heavy atom. The molecule has 0 aliphatic carbocycles.